The van der Waals surface area contributed by atoms with Gasteiger partial charge in [-0.05, 0) is 57.0 Å². The van der Waals surface area contributed by atoms with Crippen molar-refractivity contribution in [2.75, 3.05) is 27.3 Å². The Labute approximate surface area is 272 Å². The molecule has 4 aliphatic rings. The van der Waals surface area contributed by atoms with Gasteiger partial charge in [0.05, 0.1) is 24.7 Å². The molecule has 0 radical (unpaired) electrons. The Balaban J connectivity index is 1.46. The predicted molar refractivity (Wildman–Crippen MR) is 160 cm³/mol. The summed E-state index contributed by atoms with van der Waals surface area (Å²) in [5, 5.41) is 12.4. The lowest BCUT2D eigenvalue weighted by molar-refractivity contribution is -0.195. The summed E-state index contributed by atoms with van der Waals surface area (Å²) in [6.45, 7) is 7.55. The Kier molecular flexibility index (Phi) is 9.30. The second kappa shape index (κ2) is 12.8. The number of ether oxygens (including phenoxy) is 7. The molecule has 0 aromatic heterocycles. The van der Waals surface area contributed by atoms with Gasteiger partial charge in [-0.3, -0.25) is 9.59 Å². The van der Waals surface area contributed by atoms with Crippen molar-refractivity contribution in [2.24, 2.45) is 5.92 Å². The van der Waals surface area contributed by atoms with Crippen LogP contribution in [0.1, 0.15) is 58.6 Å². The summed E-state index contributed by atoms with van der Waals surface area (Å²) in [4.78, 5) is 65.8. The van der Waals surface area contributed by atoms with E-state index in [9.17, 15) is 29.1 Å². The molecular formula is C33H41NO13. The summed E-state index contributed by atoms with van der Waals surface area (Å²) in [7, 11) is 3.46. The molecule has 2 aliphatic carbocycles. The second-order valence-electron chi connectivity index (χ2n) is 12.9. The van der Waals surface area contributed by atoms with Crippen LogP contribution < -0.4 is 9.47 Å². The molecule has 1 N–H and O–H groups in total. The molecule has 1 saturated heterocycles. The van der Waals surface area contributed by atoms with Crippen LogP contribution in [-0.4, -0.2) is 103 Å². The van der Waals surface area contributed by atoms with E-state index in [1.807, 2.05) is 27.0 Å². The molecule has 1 fully saturated rings. The lowest BCUT2D eigenvalue weighted by Crippen LogP contribution is -2.74. The molecule has 256 valence electrons. The molecule has 0 amide bonds. The molecule has 1 spiro atoms. The van der Waals surface area contributed by atoms with E-state index in [1.165, 1.54) is 14.0 Å². The highest BCUT2D eigenvalue weighted by atomic mass is 16.7. The van der Waals surface area contributed by atoms with Crippen molar-refractivity contribution in [1.29, 1.82) is 0 Å². The lowest BCUT2D eigenvalue weighted by Gasteiger charge is -2.61. The fraction of sp³-hybridized carbons (Fsp3) is 0.606. The number of methoxy groups -OCH3 is 1. The maximum Gasteiger partial charge on any atom is 0.357 e. The van der Waals surface area contributed by atoms with Crippen LogP contribution in [0.25, 0.3) is 0 Å². The van der Waals surface area contributed by atoms with E-state index in [1.54, 1.807) is 12.1 Å². The van der Waals surface area contributed by atoms with E-state index in [-0.39, 0.29) is 30.7 Å². The van der Waals surface area contributed by atoms with Crippen LogP contribution in [0.2, 0.25) is 0 Å². The first-order chi connectivity index (χ1) is 22.1. The molecule has 47 heavy (non-hydrogen) atoms. The number of hydrogen-bond acceptors (Lipinski definition) is 14. The van der Waals surface area contributed by atoms with E-state index in [0.717, 1.165) is 25.0 Å². The van der Waals surface area contributed by atoms with Gasteiger partial charge in [0.25, 0.3) is 0 Å². The number of hydrogen-bond donors (Lipinski definition) is 1. The van der Waals surface area contributed by atoms with Crippen molar-refractivity contribution in [3.05, 3.63) is 35.1 Å². The fourth-order valence-corrected chi connectivity index (χ4v) is 7.24. The minimum atomic E-state index is -2.13. The number of nitrogens with zero attached hydrogens (tertiary/aromatic N) is 1. The van der Waals surface area contributed by atoms with Crippen molar-refractivity contribution in [3.8, 4) is 11.5 Å². The number of benzene rings is 1. The summed E-state index contributed by atoms with van der Waals surface area (Å²) >= 11 is 0. The third-order valence-electron chi connectivity index (χ3n) is 9.29. The van der Waals surface area contributed by atoms with Crippen LogP contribution in [0.3, 0.4) is 0 Å². The number of piperidine rings is 1. The van der Waals surface area contributed by atoms with Crippen molar-refractivity contribution in [2.45, 2.75) is 95.4 Å². The maximum absolute atomic E-state index is 13.8. The van der Waals surface area contributed by atoms with Gasteiger partial charge >= 0.3 is 29.8 Å². The van der Waals surface area contributed by atoms with Crippen LogP contribution in [0, 0.1) is 5.92 Å². The minimum Gasteiger partial charge on any atom is -0.493 e. The average Bonchev–Trinajstić information content (AvgIpc) is 3.36. The summed E-state index contributed by atoms with van der Waals surface area (Å²) in [5.41, 5.74) is -0.520. The van der Waals surface area contributed by atoms with Gasteiger partial charge in [-0.1, -0.05) is 19.9 Å². The summed E-state index contributed by atoms with van der Waals surface area (Å²) in [6, 6.07) is 3.49. The molecule has 1 aromatic carbocycles. The Morgan fingerprint density at radius 3 is 2.28 bits per heavy atom. The Hall–Kier alpha value is -4.17. The van der Waals surface area contributed by atoms with Crippen LogP contribution in [-0.2, 0) is 59.5 Å². The zero-order valence-electron chi connectivity index (χ0n) is 27.5. The van der Waals surface area contributed by atoms with E-state index >= 15 is 0 Å². The summed E-state index contributed by atoms with van der Waals surface area (Å²) < 4.78 is 38.5. The molecule has 2 aliphatic heterocycles. The molecule has 14 nitrogen and oxygen atoms in total. The van der Waals surface area contributed by atoms with E-state index < -0.39 is 65.3 Å². The molecule has 5 rings (SSSR count). The second-order valence-corrected chi connectivity index (χ2v) is 12.9. The number of likely N-dealkylation sites (tertiary alicyclic amines) is 1. The van der Waals surface area contributed by atoms with Gasteiger partial charge in [-0.15, -0.1) is 0 Å². The zero-order valence-corrected chi connectivity index (χ0v) is 27.5. The number of rotatable bonds is 11. The molecule has 7 atom stereocenters. The van der Waals surface area contributed by atoms with E-state index in [0.29, 0.717) is 30.9 Å². The minimum absolute atomic E-state index is 0.0155. The van der Waals surface area contributed by atoms with Gasteiger partial charge in [0.2, 0.25) is 12.2 Å². The van der Waals surface area contributed by atoms with Crippen molar-refractivity contribution < 1.29 is 62.2 Å². The molecule has 2 bridgehead atoms. The van der Waals surface area contributed by atoms with Gasteiger partial charge in [-0.2, -0.15) is 0 Å². The van der Waals surface area contributed by atoms with Crippen molar-refractivity contribution >= 4 is 29.8 Å². The number of carbonyl (C=O) groups excluding carboxylic acids is 5. The zero-order chi connectivity index (χ0) is 34.4. The highest BCUT2D eigenvalue weighted by Crippen LogP contribution is 2.65. The topological polar surface area (TPSA) is 173 Å². The smallest absolute Gasteiger partial charge is 0.357 e. The fourth-order valence-electron chi connectivity index (χ4n) is 7.24. The standard InChI is InChI=1S/C33H41NO13/c1-16(2)15-42-29(37)17(3)43-30(38)26(44-18(4)35)27(45-19(5)36)31(39)46-22-10-11-33(40)23-14-20-8-9-21(41-7)25-24(20)32(33,28(22)47-25)12-13-34(23)6/h8-10,16-17,23,26-28,40H,11-15H2,1-7H3/t17-,23+,26+,27+,28-,32-,33+/m0/s1. The normalized spacial score (nSPS) is 27.2. The number of likely N-dealkylation sites (N-methyl/N-ethyl adjacent to an activating group) is 1. The van der Waals surface area contributed by atoms with Gasteiger partial charge in [0, 0.05) is 31.9 Å². The molecule has 14 heteroatoms. The predicted octanol–water partition coefficient (Wildman–Crippen LogP) is 1.51. The lowest BCUT2D eigenvalue weighted by atomic mass is 9.50. The highest BCUT2D eigenvalue weighted by molar-refractivity contribution is 5.90. The first-order valence-corrected chi connectivity index (χ1v) is 15.6. The van der Waals surface area contributed by atoms with Crippen LogP contribution >= 0.6 is 0 Å². The third kappa shape index (κ3) is 5.81. The van der Waals surface area contributed by atoms with Crippen LogP contribution in [0.4, 0.5) is 0 Å². The molecule has 0 saturated carbocycles. The van der Waals surface area contributed by atoms with Gasteiger partial charge in [0.15, 0.2) is 23.7 Å². The van der Waals surface area contributed by atoms with Gasteiger partial charge in [-0.25, -0.2) is 14.4 Å². The maximum atomic E-state index is 13.8. The first kappa shape index (κ1) is 34.2. The van der Waals surface area contributed by atoms with Gasteiger partial charge in [0.1, 0.15) is 5.76 Å². The number of aliphatic hydroxyl groups is 1. The van der Waals surface area contributed by atoms with Crippen LogP contribution in [0.15, 0.2) is 24.0 Å². The van der Waals surface area contributed by atoms with E-state index in [4.69, 9.17) is 33.2 Å². The number of carbonyl (C=O) groups is 5. The monoisotopic (exact) mass is 659 g/mol. The average molecular weight is 660 g/mol. The quantitative estimate of drug-likeness (QED) is 0.267. The van der Waals surface area contributed by atoms with Crippen molar-refractivity contribution in [3.63, 3.8) is 0 Å². The Morgan fingerprint density at radius 1 is 1.00 bits per heavy atom. The highest BCUT2D eigenvalue weighted by Gasteiger charge is 2.72. The molecule has 2 heterocycles. The summed E-state index contributed by atoms with van der Waals surface area (Å²) in [6.07, 6.45) is -3.98. The third-order valence-corrected chi connectivity index (χ3v) is 9.29. The summed E-state index contributed by atoms with van der Waals surface area (Å²) in [5.74, 6) is -4.53. The Morgan fingerprint density at radius 2 is 1.66 bits per heavy atom. The first-order valence-electron chi connectivity index (χ1n) is 15.6. The SMILES string of the molecule is COc1ccc2c3c1O[C@H]1C(OC(=O)[C@H](OC(C)=O)[C@@H](OC(C)=O)C(=O)O[C@@H](C)C(=O)OCC(C)C)=CC[C@@]4(O)[C@@H](C2)N(C)CC[C@]314. The van der Waals surface area contributed by atoms with Gasteiger partial charge < -0.3 is 43.2 Å². The van der Waals surface area contributed by atoms with Crippen molar-refractivity contribution in [1.82, 2.24) is 4.90 Å². The number of esters is 5. The molecule has 0 unspecified atom stereocenters. The molecule has 1 aromatic rings. The van der Waals surface area contributed by atoms with E-state index in [2.05, 4.69) is 4.90 Å². The largest absolute Gasteiger partial charge is 0.493 e. The molecular weight excluding hydrogens is 618 g/mol. The Bertz CT molecular complexity index is 1500. The van der Waals surface area contributed by atoms with Crippen LogP contribution in [0.5, 0.6) is 11.5 Å².